The lowest BCUT2D eigenvalue weighted by molar-refractivity contribution is 0.292. The van der Waals surface area contributed by atoms with Crippen molar-refractivity contribution in [1.29, 1.82) is 5.26 Å². The molecule has 0 aromatic heterocycles. The van der Waals surface area contributed by atoms with Gasteiger partial charge in [-0.15, -0.1) is 0 Å². The third-order valence-electron chi connectivity index (χ3n) is 2.57. The molecule has 0 fully saturated rings. The minimum Gasteiger partial charge on any atom is -0.301 e. The second-order valence-corrected chi connectivity index (χ2v) is 4.49. The third kappa shape index (κ3) is 4.22. The molecule has 86 valence electrons. The summed E-state index contributed by atoms with van der Waals surface area (Å²) in [5, 5.41) is 9.64. The molecule has 1 rings (SSSR count). The van der Waals surface area contributed by atoms with Gasteiger partial charge in [-0.05, 0) is 31.2 Å². The SMILES string of the molecule is CCC(C#N)CN(C)Cc1ccc(Cl)cc1. The number of nitrogens with zero attached hydrogens (tertiary/aromatic N) is 2. The van der Waals surface area contributed by atoms with Crippen LogP contribution in [0.3, 0.4) is 0 Å². The molecule has 0 saturated heterocycles. The average molecular weight is 237 g/mol. The molecule has 2 nitrogen and oxygen atoms in total. The van der Waals surface area contributed by atoms with Gasteiger partial charge in [-0.25, -0.2) is 0 Å². The number of halogens is 1. The van der Waals surface area contributed by atoms with E-state index in [1.165, 1.54) is 5.56 Å². The molecule has 0 N–H and O–H groups in total. The first kappa shape index (κ1) is 13.0. The van der Waals surface area contributed by atoms with Crippen LogP contribution in [0.4, 0.5) is 0 Å². The molecule has 0 amide bonds. The zero-order valence-electron chi connectivity index (χ0n) is 9.78. The van der Waals surface area contributed by atoms with Crippen LogP contribution >= 0.6 is 11.6 Å². The lowest BCUT2D eigenvalue weighted by atomic mass is 10.1. The van der Waals surface area contributed by atoms with Crippen molar-refractivity contribution in [2.75, 3.05) is 13.6 Å². The Morgan fingerprint density at radius 3 is 2.50 bits per heavy atom. The van der Waals surface area contributed by atoms with Gasteiger partial charge in [0, 0.05) is 18.1 Å². The lowest BCUT2D eigenvalue weighted by Crippen LogP contribution is -2.24. The highest BCUT2D eigenvalue weighted by atomic mass is 35.5. The van der Waals surface area contributed by atoms with E-state index in [0.29, 0.717) is 0 Å². The summed E-state index contributed by atoms with van der Waals surface area (Å²) in [6.45, 7) is 3.72. The summed E-state index contributed by atoms with van der Waals surface area (Å²) >= 11 is 5.82. The maximum Gasteiger partial charge on any atom is 0.0669 e. The van der Waals surface area contributed by atoms with E-state index in [2.05, 4.69) is 11.0 Å². The van der Waals surface area contributed by atoms with Gasteiger partial charge in [0.15, 0.2) is 0 Å². The van der Waals surface area contributed by atoms with Crippen LogP contribution in [0.5, 0.6) is 0 Å². The highest BCUT2D eigenvalue weighted by Crippen LogP contribution is 2.12. The minimum absolute atomic E-state index is 0.123. The van der Waals surface area contributed by atoms with E-state index in [1.807, 2.05) is 38.2 Å². The van der Waals surface area contributed by atoms with E-state index in [1.54, 1.807) is 0 Å². The van der Waals surface area contributed by atoms with Crippen LogP contribution < -0.4 is 0 Å². The van der Waals surface area contributed by atoms with Crippen LogP contribution in [0.1, 0.15) is 18.9 Å². The van der Waals surface area contributed by atoms with Crippen molar-refractivity contribution < 1.29 is 0 Å². The van der Waals surface area contributed by atoms with Gasteiger partial charge in [0.1, 0.15) is 0 Å². The van der Waals surface area contributed by atoms with Crippen LogP contribution in [0.2, 0.25) is 5.02 Å². The molecule has 0 spiro atoms. The Hall–Kier alpha value is -1.04. The molecule has 1 aromatic carbocycles. The quantitative estimate of drug-likeness (QED) is 0.784. The molecule has 0 radical (unpaired) electrons. The molecule has 0 aliphatic carbocycles. The summed E-state index contributed by atoms with van der Waals surface area (Å²) in [7, 11) is 2.04. The van der Waals surface area contributed by atoms with Gasteiger partial charge in [0.05, 0.1) is 12.0 Å². The number of rotatable bonds is 5. The second-order valence-electron chi connectivity index (χ2n) is 4.06. The van der Waals surface area contributed by atoms with E-state index < -0.39 is 0 Å². The van der Waals surface area contributed by atoms with E-state index >= 15 is 0 Å². The summed E-state index contributed by atoms with van der Waals surface area (Å²) in [6.07, 6.45) is 0.904. The Kier molecular flexibility index (Phi) is 5.31. The summed E-state index contributed by atoms with van der Waals surface area (Å²) in [4.78, 5) is 2.17. The Morgan fingerprint density at radius 1 is 1.38 bits per heavy atom. The third-order valence-corrected chi connectivity index (χ3v) is 2.83. The molecular weight excluding hydrogens is 220 g/mol. The van der Waals surface area contributed by atoms with Gasteiger partial charge < -0.3 is 4.90 Å². The Balaban J connectivity index is 2.48. The monoisotopic (exact) mass is 236 g/mol. The van der Waals surface area contributed by atoms with Crippen LogP contribution in [-0.4, -0.2) is 18.5 Å². The van der Waals surface area contributed by atoms with Crippen molar-refractivity contribution in [2.24, 2.45) is 5.92 Å². The predicted molar refractivity (Wildman–Crippen MR) is 67.2 cm³/mol. The van der Waals surface area contributed by atoms with Gasteiger partial charge in [-0.1, -0.05) is 30.7 Å². The average Bonchev–Trinajstić information content (AvgIpc) is 2.29. The van der Waals surface area contributed by atoms with Crippen molar-refractivity contribution in [3.05, 3.63) is 34.9 Å². The first-order chi connectivity index (χ1) is 7.65. The molecule has 1 unspecified atom stereocenters. The molecule has 0 aliphatic heterocycles. The molecule has 0 saturated carbocycles. The van der Waals surface area contributed by atoms with Crippen LogP contribution in [0, 0.1) is 17.2 Å². The number of hydrogen-bond acceptors (Lipinski definition) is 2. The first-order valence-corrected chi connectivity index (χ1v) is 5.86. The van der Waals surface area contributed by atoms with E-state index in [-0.39, 0.29) is 5.92 Å². The number of hydrogen-bond donors (Lipinski definition) is 0. The van der Waals surface area contributed by atoms with Crippen molar-refractivity contribution in [2.45, 2.75) is 19.9 Å². The van der Waals surface area contributed by atoms with Crippen molar-refractivity contribution >= 4 is 11.6 Å². The van der Waals surface area contributed by atoms with Crippen LogP contribution in [-0.2, 0) is 6.54 Å². The van der Waals surface area contributed by atoms with Crippen molar-refractivity contribution in [1.82, 2.24) is 4.90 Å². The Bertz CT molecular complexity index is 353. The molecule has 1 aromatic rings. The number of benzene rings is 1. The topological polar surface area (TPSA) is 27.0 Å². The normalized spacial score (nSPS) is 12.4. The molecule has 0 aliphatic rings. The Morgan fingerprint density at radius 2 is 2.00 bits per heavy atom. The summed E-state index contributed by atoms with van der Waals surface area (Å²) in [6, 6.07) is 10.1. The minimum atomic E-state index is 0.123. The highest BCUT2D eigenvalue weighted by Gasteiger charge is 2.08. The van der Waals surface area contributed by atoms with Gasteiger partial charge in [0.2, 0.25) is 0 Å². The summed E-state index contributed by atoms with van der Waals surface area (Å²) < 4.78 is 0. The molecule has 1 atom stereocenters. The van der Waals surface area contributed by atoms with Gasteiger partial charge >= 0.3 is 0 Å². The van der Waals surface area contributed by atoms with Crippen molar-refractivity contribution in [3.8, 4) is 6.07 Å². The van der Waals surface area contributed by atoms with Crippen LogP contribution in [0.15, 0.2) is 24.3 Å². The summed E-state index contributed by atoms with van der Waals surface area (Å²) in [5.74, 6) is 0.123. The second kappa shape index (κ2) is 6.52. The number of nitriles is 1. The predicted octanol–water partition coefficient (Wildman–Crippen LogP) is 3.32. The fourth-order valence-electron chi connectivity index (χ4n) is 1.60. The van der Waals surface area contributed by atoms with E-state index in [9.17, 15) is 0 Å². The largest absolute Gasteiger partial charge is 0.301 e. The highest BCUT2D eigenvalue weighted by molar-refractivity contribution is 6.30. The smallest absolute Gasteiger partial charge is 0.0669 e. The molecule has 0 heterocycles. The summed E-state index contributed by atoms with van der Waals surface area (Å²) in [5.41, 5.74) is 1.22. The first-order valence-electron chi connectivity index (χ1n) is 5.48. The van der Waals surface area contributed by atoms with Crippen molar-refractivity contribution in [3.63, 3.8) is 0 Å². The van der Waals surface area contributed by atoms with Gasteiger partial charge in [-0.2, -0.15) is 5.26 Å². The zero-order valence-corrected chi connectivity index (χ0v) is 10.5. The molecule has 16 heavy (non-hydrogen) atoms. The van der Waals surface area contributed by atoms with Crippen LogP contribution in [0.25, 0.3) is 0 Å². The van der Waals surface area contributed by atoms with E-state index in [0.717, 1.165) is 24.5 Å². The maximum absolute atomic E-state index is 8.88. The zero-order chi connectivity index (χ0) is 12.0. The fourth-order valence-corrected chi connectivity index (χ4v) is 1.73. The maximum atomic E-state index is 8.88. The molecule has 3 heteroatoms. The fraction of sp³-hybridized carbons (Fsp3) is 0.462. The standard InChI is InChI=1S/C13H17ClN2/c1-3-11(8-15)9-16(2)10-12-4-6-13(14)7-5-12/h4-7,11H,3,9-10H2,1-2H3. The Labute approximate surface area is 102 Å². The molecular formula is C13H17ClN2. The lowest BCUT2D eigenvalue weighted by Gasteiger charge is -2.19. The van der Waals surface area contributed by atoms with Gasteiger partial charge in [-0.3, -0.25) is 0 Å². The molecule has 0 bridgehead atoms. The van der Waals surface area contributed by atoms with E-state index in [4.69, 9.17) is 16.9 Å². The van der Waals surface area contributed by atoms with Gasteiger partial charge in [0.25, 0.3) is 0 Å².